The van der Waals surface area contributed by atoms with Gasteiger partial charge in [0.05, 0.1) is 19.8 Å². The van der Waals surface area contributed by atoms with Crippen molar-refractivity contribution in [2.24, 2.45) is 5.84 Å². The van der Waals surface area contributed by atoms with Gasteiger partial charge in [0.15, 0.2) is 0 Å². The Morgan fingerprint density at radius 3 is 1.90 bits per heavy atom. The smallest absolute Gasteiger partial charge is 0.119 e. The third-order valence-corrected chi connectivity index (χ3v) is 3.30. The monoisotopic (exact) mass is 286 g/mol. The van der Waals surface area contributed by atoms with Crippen LogP contribution in [0.5, 0.6) is 11.5 Å². The van der Waals surface area contributed by atoms with Crippen LogP contribution in [-0.4, -0.2) is 13.7 Å². The summed E-state index contributed by atoms with van der Waals surface area (Å²) in [5.41, 5.74) is 5.03. The molecule has 0 aliphatic rings. The lowest BCUT2D eigenvalue weighted by molar-refractivity contribution is 0.317. The van der Waals surface area contributed by atoms with Crippen LogP contribution in [0.15, 0.2) is 48.5 Å². The minimum absolute atomic E-state index is 0.0591. The van der Waals surface area contributed by atoms with Crippen LogP contribution >= 0.6 is 0 Å². The van der Waals surface area contributed by atoms with E-state index in [1.165, 1.54) is 0 Å². The first-order valence-corrected chi connectivity index (χ1v) is 7.11. The fourth-order valence-electron chi connectivity index (χ4n) is 2.16. The summed E-state index contributed by atoms with van der Waals surface area (Å²) in [4.78, 5) is 0. The lowest BCUT2D eigenvalue weighted by atomic mass is 9.99. The van der Waals surface area contributed by atoms with Gasteiger partial charge < -0.3 is 9.47 Å². The highest BCUT2D eigenvalue weighted by Gasteiger charge is 2.12. The van der Waals surface area contributed by atoms with Crippen LogP contribution in [-0.2, 0) is 0 Å². The molecule has 0 aliphatic carbocycles. The lowest BCUT2D eigenvalue weighted by Crippen LogP contribution is -2.28. The molecule has 2 rings (SSSR count). The molecule has 0 saturated carbocycles. The second-order valence-electron chi connectivity index (χ2n) is 4.79. The van der Waals surface area contributed by atoms with Gasteiger partial charge >= 0.3 is 0 Å². The van der Waals surface area contributed by atoms with E-state index in [-0.39, 0.29) is 6.04 Å². The van der Waals surface area contributed by atoms with Crippen LogP contribution in [0.4, 0.5) is 0 Å². The Morgan fingerprint density at radius 1 is 0.952 bits per heavy atom. The van der Waals surface area contributed by atoms with Gasteiger partial charge in [0.25, 0.3) is 0 Å². The van der Waals surface area contributed by atoms with E-state index in [0.29, 0.717) is 0 Å². The molecule has 0 spiro atoms. The largest absolute Gasteiger partial charge is 0.497 e. The predicted octanol–water partition coefficient (Wildman–Crippen LogP) is 3.04. The topological polar surface area (TPSA) is 56.5 Å². The first-order chi connectivity index (χ1) is 10.3. The van der Waals surface area contributed by atoms with Crippen LogP contribution in [0.1, 0.15) is 30.5 Å². The van der Waals surface area contributed by atoms with Gasteiger partial charge in [0, 0.05) is 0 Å². The molecular formula is C17H22N2O2. The number of hydrazine groups is 1. The number of methoxy groups -OCH3 is 1. The second kappa shape index (κ2) is 7.67. The van der Waals surface area contributed by atoms with Crippen molar-refractivity contribution in [2.45, 2.75) is 19.4 Å². The number of ether oxygens (including phenoxy) is 2. The Bertz CT molecular complexity index is 538. The maximum absolute atomic E-state index is 5.71. The van der Waals surface area contributed by atoms with Gasteiger partial charge in [-0.3, -0.25) is 5.84 Å². The first-order valence-electron chi connectivity index (χ1n) is 7.11. The standard InChI is InChI=1S/C17H22N2O2/c1-3-12-21-16-10-6-14(7-11-16)17(19-18)13-4-8-15(20-2)9-5-13/h4-11,17,19H,3,12,18H2,1-2H3. The third-order valence-electron chi connectivity index (χ3n) is 3.30. The molecule has 0 saturated heterocycles. The molecule has 3 N–H and O–H groups in total. The molecule has 0 amide bonds. The van der Waals surface area contributed by atoms with Gasteiger partial charge in [0.2, 0.25) is 0 Å². The van der Waals surface area contributed by atoms with Gasteiger partial charge in [-0.15, -0.1) is 0 Å². The number of nitrogens with two attached hydrogens (primary N) is 1. The van der Waals surface area contributed by atoms with E-state index in [0.717, 1.165) is 35.7 Å². The molecule has 0 aliphatic heterocycles. The molecule has 2 aromatic carbocycles. The van der Waals surface area contributed by atoms with E-state index in [1.807, 2.05) is 48.5 Å². The zero-order valence-electron chi connectivity index (χ0n) is 12.5. The molecule has 4 nitrogen and oxygen atoms in total. The maximum atomic E-state index is 5.71. The Balaban J connectivity index is 2.15. The highest BCUT2D eigenvalue weighted by Crippen LogP contribution is 2.25. The van der Waals surface area contributed by atoms with Crippen molar-refractivity contribution < 1.29 is 9.47 Å². The van der Waals surface area contributed by atoms with E-state index < -0.39 is 0 Å². The van der Waals surface area contributed by atoms with Gasteiger partial charge in [-0.1, -0.05) is 31.2 Å². The zero-order valence-corrected chi connectivity index (χ0v) is 12.5. The SMILES string of the molecule is CCCOc1ccc(C(NN)c2ccc(OC)cc2)cc1. The molecule has 0 bridgehead atoms. The van der Waals surface area contributed by atoms with Gasteiger partial charge in [-0.25, -0.2) is 5.43 Å². The minimum Gasteiger partial charge on any atom is -0.497 e. The van der Waals surface area contributed by atoms with Crippen molar-refractivity contribution in [3.63, 3.8) is 0 Å². The normalized spacial score (nSPS) is 12.0. The van der Waals surface area contributed by atoms with E-state index >= 15 is 0 Å². The Hall–Kier alpha value is -2.04. The van der Waals surface area contributed by atoms with Crippen LogP contribution < -0.4 is 20.7 Å². The highest BCUT2D eigenvalue weighted by molar-refractivity contribution is 5.37. The zero-order chi connectivity index (χ0) is 15.1. The number of hydrogen-bond acceptors (Lipinski definition) is 4. The Labute approximate surface area is 125 Å². The summed E-state index contributed by atoms with van der Waals surface area (Å²) in [7, 11) is 1.66. The van der Waals surface area contributed by atoms with Crippen LogP contribution in [0.3, 0.4) is 0 Å². The molecular weight excluding hydrogens is 264 g/mol. The van der Waals surface area contributed by atoms with Crippen molar-refractivity contribution in [1.82, 2.24) is 5.43 Å². The summed E-state index contributed by atoms with van der Waals surface area (Å²) in [6, 6.07) is 15.8. The third kappa shape index (κ3) is 3.97. The predicted molar refractivity (Wildman–Crippen MR) is 84.4 cm³/mol. The molecule has 1 unspecified atom stereocenters. The van der Waals surface area contributed by atoms with Gasteiger partial charge in [-0.2, -0.15) is 0 Å². The summed E-state index contributed by atoms with van der Waals surface area (Å²) < 4.78 is 10.8. The van der Waals surface area contributed by atoms with E-state index in [1.54, 1.807) is 7.11 Å². The van der Waals surface area contributed by atoms with Crippen molar-refractivity contribution in [2.75, 3.05) is 13.7 Å². The van der Waals surface area contributed by atoms with Crippen molar-refractivity contribution >= 4 is 0 Å². The lowest BCUT2D eigenvalue weighted by Gasteiger charge is -2.17. The van der Waals surface area contributed by atoms with Crippen LogP contribution in [0, 0.1) is 0 Å². The summed E-state index contributed by atoms with van der Waals surface area (Å²) >= 11 is 0. The number of benzene rings is 2. The van der Waals surface area contributed by atoms with E-state index in [9.17, 15) is 0 Å². The van der Waals surface area contributed by atoms with Gasteiger partial charge in [-0.05, 0) is 41.8 Å². The van der Waals surface area contributed by atoms with Crippen molar-refractivity contribution in [3.05, 3.63) is 59.7 Å². The molecule has 21 heavy (non-hydrogen) atoms. The summed E-state index contributed by atoms with van der Waals surface area (Å²) in [6.07, 6.45) is 1.00. The number of hydrogen-bond donors (Lipinski definition) is 2. The molecule has 0 aromatic heterocycles. The van der Waals surface area contributed by atoms with Crippen LogP contribution in [0.25, 0.3) is 0 Å². The fraction of sp³-hybridized carbons (Fsp3) is 0.294. The molecule has 1 atom stereocenters. The summed E-state index contributed by atoms with van der Waals surface area (Å²) in [5.74, 6) is 7.43. The average Bonchev–Trinajstić information content (AvgIpc) is 2.55. The highest BCUT2D eigenvalue weighted by atomic mass is 16.5. The molecule has 0 heterocycles. The average molecular weight is 286 g/mol. The maximum Gasteiger partial charge on any atom is 0.119 e. The quantitative estimate of drug-likeness (QED) is 0.607. The van der Waals surface area contributed by atoms with Crippen molar-refractivity contribution in [1.29, 1.82) is 0 Å². The molecule has 0 fully saturated rings. The molecule has 4 heteroatoms. The summed E-state index contributed by atoms with van der Waals surface area (Å²) in [5, 5.41) is 0. The Kier molecular flexibility index (Phi) is 5.60. The van der Waals surface area contributed by atoms with E-state index in [4.69, 9.17) is 15.3 Å². The van der Waals surface area contributed by atoms with Crippen LogP contribution in [0.2, 0.25) is 0 Å². The van der Waals surface area contributed by atoms with E-state index in [2.05, 4.69) is 12.3 Å². The molecule has 2 aromatic rings. The van der Waals surface area contributed by atoms with Gasteiger partial charge in [0.1, 0.15) is 11.5 Å². The first kappa shape index (κ1) is 15.4. The van der Waals surface area contributed by atoms with Crippen molar-refractivity contribution in [3.8, 4) is 11.5 Å². The molecule has 112 valence electrons. The molecule has 0 radical (unpaired) electrons. The minimum atomic E-state index is -0.0591. The summed E-state index contributed by atoms with van der Waals surface area (Å²) in [6.45, 7) is 2.82. The second-order valence-corrected chi connectivity index (χ2v) is 4.79. The number of nitrogens with one attached hydrogen (secondary N) is 1. The number of rotatable bonds is 7. The fourth-order valence-corrected chi connectivity index (χ4v) is 2.16. The Morgan fingerprint density at radius 2 is 1.48 bits per heavy atom.